The van der Waals surface area contributed by atoms with Crippen LogP contribution in [-0.4, -0.2) is 16.4 Å². The Bertz CT molecular complexity index is 220. The highest BCUT2D eigenvalue weighted by molar-refractivity contribution is 6.53. The summed E-state index contributed by atoms with van der Waals surface area (Å²) in [7, 11) is 0. The number of ether oxygens (including phenoxy) is 1. The first kappa shape index (κ1) is 11.1. The van der Waals surface area contributed by atoms with Crippen molar-refractivity contribution in [2.75, 3.05) is 0 Å². The van der Waals surface area contributed by atoms with Crippen LogP contribution in [0.3, 0.4) is 0 Å². The Morgan fingerprint density at radius 2 is 1.77 bits per heavy atom. The molecular formula is C9H14Cl2O2. The molecule has 1 unspecified atom stereocenters. The smallest absolute Gasteiger partial charge is 0.312 e. The van der Waals surface area contributed by atoms with Crippen molar-refractivity contribution in [2.45, 2.75) is 38.1 Å². The van der Waals surface area contributed by atoms with Gasteiger partial charge in [0.05, 0.1) is 12.0 Å². The Labute approximate surface area is 88.5 Å². The number of rotatable bonds is 2. The minimum absolute atomic E-state index is 0.118. The van der Waals surface area contributed by atoms with Gasteiger partial charge in [0.25, 0.3) is 0 Å². The lowest BCUT2D eigenvalue weighted by molar-refractivity contribution is -0.149. The average molecular weight is 225 g/mol. The molecule has 0 aromatic carbocycles. The molecule has 0 aliphatic heterocycles. The Hall–Kier alpha value is 0.0500. The van der Waals surface area contributed by atoms with Crippen molar-refractivity contribution in [1.82, 2.24) is 0 Å². The van der Waals surface area contributed by atoms with E-state index in [0.717, 1.165) is 0 Å². The number of hydrogen-bond acceptors (Lipinski definition) is 2. The largest absolute Gasteiger partial charge is 0.463 e. The average Bonchev–Trinajstić information content (AvgIpc) is 2.20. The maximum Gasteiger partial charge on any atom is 0.312 e. The van der Waals surface area contributed by atoms with Crippen molar-refractivity contribution in [3.05, 3.63) is 0 Å². The number of esters is 1. The van der Waals surface area contributed by atoms with Gasteiger partial charge in [-0.1, -0.05) is 13.8 Å². The predicted molar refractivity (Wildman–Crippen MR) is 52.9 cm³/mol. The lowest BCUT2D eigenvalue weighted by Gasteiger charge is -2.07. The minimum atomic E-state index is -0.959. The Morgan fingerprint density at radius 3 is 2.00 bits per heavy atom. The topological polar surface area (TPSA) is 26.3 Å². The highest BCUT2D eigenvalue weighted by Gasteiger charge is 2.74. The molecule has 0 N–H and O–H groups in total. The number of hydrogen-bond donors (Lipinski definition) is 0. The quantitative estimate of drug-likeness (QED) is 0.533. The molecule has 0 spiro atoms. The molecule has 4 heteroatoms. The van der Waals surface area contributed by atoms with Crippen LogP contribution in [0.25, 0.3) is 0 Å². The van der Waals surface area contributed by atoms with Gasteiger partial charge in [0.1, 0.15) is 4.33 Å². The number of halogens is 2. The first-order chi connectivity index (χ1) is 5.71. The van der Waals surface area contributed by atoms with Crippen molar-refractivity contribution in [2.24, 2.45) is 11.3 Å². The van der Waals surface area contributed by atoms with E-state index in [1.54, 1.807) is 13.8 Å². The fourth-order valence-electron chi connectivity index (χ4n) is 1.40. The summed E-state index contributed by atoms with van der Waals surface area (Å²) < 4.78 is 4.08. The summed E-state index contributed by atoms with van der Waals surface area (Å²) in [4.78, 5) is 11.5. The van der Waals surface area contributed by atoms with Gasteiger partial charge >= 0.3 is 5.97 Å². The summed E-state index contributed by atoms with van der Waals surface area (Å²) in [6, 6.07) is 0. The van der Waals surface area contributed by atoms with E-state index in [1.165, 1.54) is 0 Å². The van der Waals surface area contributed by atoms with Gasteiger partial charge in [0.15, 0.2) is 0 Å². The highest BCUT2D eigenvalue weighted by Crippen LogP contribution is 2.69. The fourth-order valence-corrected chi connectivity index (χ4v) is 2.23. The first-order valence-corrected chi connectivity index (χ1v) is 5.05. The van der Waals surface area contributed by atoms with E-state index in [2.05, 4.69) is 0 Å². The summed E-state index contributed by atoms with van der Waals surface area (Å²) in [5.41, 5.74) is -0.373. The standard InChI is InChI=1S/C9H14Cl2O2/c1-5(2)13-7(12)6-8(3,4)9(6,10)11/h5-6H,1-4H3. The minimum Gasteiger partial charge on any atom is -0.463 e. The summed E-state index contributed by atoms with van der Waals surface area (Å²) in [6.07, 6.45) is -0.118. The van der Waals surface area contributed by atoms with Crippen LogP contribution in [-0.2, 0) is 9.53 Å². The van der Waals surface area contributed by atoms with Crippen LogP contribution in [0.2, 0.25) is 0 Å². The van der Waals surface area contributed by atoms with Crippen LogP contribution in [0.4, 0.5) is 0 Å². The lowest BCUT2D eigenvalue weighted by atomic mass is 10.1. The van der Waals surface area contributed by atoms with Crippen LogP contribution in [0.15, 0.2) is 0 Å². The summed E-state index contributed by atoms with van der Waals surface area (Å²) in [6.45, 7) is 7.33. The Kier molecular flexibility index (Phi) is 2.59. The van der Waals surface area contributed by atoms with Gasteiger partial charge < -0.3 is 4.74 Å². The van der Waals surface area contributed by atoms with Crippen LogP contribution < -0.4 is 0 Å². The maximum absolute atomic E-state index is 11.5. The van der Waals surface area contributed by atoms with Crippen molar-refractivity contribution in [3.8, 4) is 0 Å². The van der Waals surface area contributed by atoms with Crippen molar-refractivity contribution < 1.29 is 9.53 Å². The molecular weight excluding hydrogens is 211 g/mol. The summed E-state index contributed by atoms with van der Waals surface area (Å²) in [5.74, 6) is -0.698. The molecule has 1 fully saturated rings. The molecule has 1 aliphatic rings. The third-order valence-electron chi connectivity index (χ3n) is 2.45. The van der Waals surface area contributed by atoms with E-state index in [1.807, 2.05) is 13.8 Å². The molecule has 0 saturated heterocycles. The molecule has 0 aromatic rings. The zero-order valence-corrected chi connectivity index (χ0v) is 9.74. The molecule has 13 heavy (non-hydrogen) atoms. The van der Waals surface area contributed by atoms with Gasteiger partial charge in [-0.2, -0.15) is 0 Å². The van der Waals surface area contributed by atoms with Gasteiger partial charge in [-0.3, -0.25) is 4.79 Å². The number of carbonyl (C=O) groups excluding carboxylic acids is 1. The van der Waals surface area contributed by atoms with Crippen LogP contribution >= 0.6 is 23.2 Å². The number of alkyl halides is 2. The van der Waals surface area contributed by atoms with Crippen molar-refractivity contribution in [1.29, 1.82) is 0 Å². The van der Waals surface area contributed by atoms with Gasteiger partial charge in [0, 0.05) is 5.41 Å². The maximum atomic E-state index is 11.5. The molecule has 2 nitrogen and oxygen atoms in total. The normalized spacial score (nSPS) is 28.7. The Balaban J connectivity index is 2.63. The van der Waals surface area contributed by atoms with Gasteiger partial charge in [-0.05, 0) is 13.8 Å². The summed E-state index contributed by atoms with van der Waals surface area (Å²) in [5, 5.41) is 0. The van der Waals surface area contributed by atoms with Crippen LogP contribution in [0, 0.1) is 11.3 Å². The van der Waals surface area contributed by atoms with E-state index in [-0.39, 0.29) is 17.5 Å². The molecule has 0 radical (unpaired) electrons. The molecule has 76 valence electrons. The second-order valence-corrected chi connectivity index (χ2v) is 5.65. The zero-order valence-electron chi connectivity index (χ0n) is 8.23. The van der Waals surface area contributed by atoms with E-state index in [4.69, 9.17) is 27.9 Å². The summed E-state index contributed by atoms with van der Waals surface area (Å²) >= 11 is 11.9. The van der Waals surface area contributed by atoms with Gasteiger partial charge in [-0.15, -0.1) is 23.2 Å². The van der Waals surface area contributed by atoms with E-state index in [9.17, 15) is 4.79 Å². The van der Waals surface area contributed by atoms with Crippen molar-refractivity contribution >= 4 is 29.2 Å². The molecule has 1 aliphatic carbocycles. The predicted octanol–water partition coefficient (Wildman–Crippen LogP) is 2.77. The molecule has 0 heterocycles. The second kappa shape index (κ2) is 3.03. The third kappa shape index (κ3) is 1.66. The molecule has 0 aromatic heterocycles. The second-order valence-electron chi connectivity index (χ2n) is 4.26. The van der Waals surface area contributed by atoms with Crippen LogP contribution in [0.5, 0.6) is 0 Å². The first-order valence-electron chi connectivity index (χ1n) is 4.29. The number of carbonyl (C=O) groups is 1. The van der Waals surface area contributed by atoms with Gasteiger partial charge in [0.2, 0.25) is 0 Å². The van der Waals surface area contributed by atoms with E-state index < -0.39 is 10.3 Å². The molecule has 0 bridgehead atoms. The molecule has 1 saturated carbocycles. The third-order valence-corrected chi connectivity index (χ3v) is 3.86. The molecule has 1 atom stereocenters. The fraction of sp³-hybridized carbons (Fsp3) is 0.889. The van der Waals surface area contributed by atoms with Crippen LogP contribution in [0.1, 0.15) is 27.7 Å². The monoisotopic (exact) mass is 224 g/mol. The van der Waals surface area contributed by atoms with E-state index >= 15 is 0 Å². The Morgan fingerprint density at radius 1 is 1.38 bits per heavy atom. The van der Waals surface area contributed by atoms with E-state index in [0.29, 0.717) is 0 Å². The zero-order chi connectivity index (χ0) is 10.4. The highest BCUT2D eigenvalue weighted by atomic mass is 35.5. The molecule has 0 amide bonds. The molecule has 1 rings (SSSR count). The SMILES string of the molecule is CC(C)OC(=O)C1C(C)(C)C1(Cl)Cl. The van der Waals surface area contributed by atoms with Crippen molar-refractivity contribution in [3.63, 3.8) is 0 Å². The lowest BCUT2D eigenvalue weighted by Crippen LogP contribution is -2.16. The van der Waals surface area contributed by atoms with Gasteiger partial charge in [-0.25, -0.2) is 0 Å².